The summed E-state index contributed by atoms with van der Waals surface area (Å²) in [7, 11) is 0. The number of esters is 1. The Labute approximate surface area is 132 Å². The molecular weight excluding hydrogens is 290 g/mol. The van der Waals surface area contributed by atoms with Crippen molar-refractivity contribution in [2.24, 2.45) is 4.99 Å². The Morgan fingerprint density at radius 1 is 1.00 bits per heavy atom. The van der Waals surface area contributed by atoms with Gasteiger partial charge in [0.15, 0.2) is 5.70 Å². The number of hydrogen-bond donors (Lipinski definition) is 0. The second-order valence-electron chi connectivity index (χ2n) is 5.31. The molecule has 2 heterocycles. The van der Waals surface area contributed by atoms with Crippen LogP contribution in [0.2, 0.25) is 0 Å². The first-order valence-corrected chi connectivity index (χ1v) is 7.28. The SMILES string of the molecule is Cc1ccc(C=C2N=C(c3cccc4ccccc34)OC2=O)o1. The van der Waals surface area contributed by atoms with Crippen LogP contribution in [-0.2, 0) is 9.53 Å². The highest BCUT2D eigenvalue weighted by molar-refractivity contribution is 6.17. The molecule has 0 saturated carbocycles. The Bertz CT molecular complexity index is 974. The van der Waals surface area contributed by atoms with Gasteiger partial charge in [-0.1, -0.05) is 36.4 Å². The third-order valence-corrected chi connectivity index (χ3v) is 3.68. The number of benzene rings is 2. The molecule has 3 aromatic rings. The Balaban J connectivity index is 1.79. The molecule has 0 atom stereocenters. The number of fused-ring (bicyclic) bond motifs is 1. The number of furan rings is 1. The molecule has 0 spiro atoms. The summed E-state index contributed by atoms with van der Waals surface area (Å²) < 4.78 is 10.8. The van der Waals surface area contributed by atoms with Gasteiger partial charge in [-0.25, -0.2) is 9.79 Å². The fraction of sp³-hybridized carbons (Fsp3) is 0.0526. The van der Waals surface area contributed by atoms with E-state index in [-0.39, 0.29) is 5.70 Å². The summed E-state index contributed by atoms with van der Waals surface area (Å²) >= 11 is 0. The number of aryl methyl sites for hydroxylation is 1. The smallest absolute Gasteiger partial charge is 0.363 e. The summed E-state index contributed by atoms with van der Waals surface area (Å²) in [5, 5.41) is 2.07. The van der Waals surface area contributed by atoms with E-state index < -0.39 is 5.97 Å². The Kier molecular flexibility index (Phi) is 3.08. The molecule has 1 aromatic heterocycles. The number of rotatable bonds is 2. The zero-order chi connectivity index (χ0) is 15.8. The molecule has 0 unspecified atom stereocenters. The number of carbonyl (C=O) groups excluding carboxylic acids is 1. The number of ether oxygens (including phenoxy) is 1. The second-order valence-corrected chi connectivity index (χ2v) is 5.31. The first-order valence-electron chi connectivity index (χ1n) is 7.28. The lowest BCUT2D eigenvalue weighted by Crippen LogP contribution is -2.05. The lowest BCUT2D eigenvalue weighted by atomic mass is 10.0. The van der Waals surface area contributed by atoms with Crippen LogP contribution in [0.3, 0.4) is 0 Å². The minimum Gasteiger partial charge on any atom is -0.462 e. The van der Waals surface area contributed by atoms with Crippen molar-refractivity contribution in [3.8, 4) is 0 Å². The molecule has 23 heavy (non-hydrogen) atoms. The van der Waals surface area contributed by atoms with Crippen LogP contribution in [0.15, 0.2) is 69.7 Å². The van der Waals surface area contributed by atoms with Gasteiger partial charge >= 0.3 is 5.97 Å². The summed E-state index contributed by atoms with van der Waals surface area (Å²) in [5.41, 5.74) is 1.04. The predicted octanol–water partition coefficient (Wildman–Crippen LogP) is 4.09. The van der Waals surface area contributed by atoms with E-state index in [1.807, 2.05) is 55.5 Å². The molecule has 0 fully saturated rings. The fourth-order valence-electron chi connectivity index (χ4n) is 2.60. The van der Waals surface area contributed by atoms with Crippen LogP contribution in [-0.4, -0.2) is 11.9 Å². The molecule has 0 aliphatic carbocycles. The van der Waals surface area contributed by atoms with E-state index >= 15 is 0 Å². The number of hydrogen-bond acceptors (Lipinski definition) is 4. The number of aliphatic imine (C=N–C) groups is 1. The summed E-state index contributed by atoms with van der Waals surface area (Å²) in [5.74, 6) is 1.21. The van der Waals surface area contributed by atoms with E-state index in [9.17, 15) is 4.79 Å². The highest BCUT2D eigenvalue weighted by Crippen LogP contribution is 2.25. The van der Waals surface area contributed by atoms with Crippen molar-refractivity contribution in [3.63, 3.8) is 0 Å². The van der Waals surface area contributed by atoms with E-state index in [0.717, 1.165) is 22.1 Å². The van der Waals surface area contributed by atoms with Gasteiger partial charge in [-0.3, -0.25) is 0 Å². The maximum Gasteiger partial charge on any atom is 0.363 e. The quantitative estimate of drug-likeness (QED) is 0.529. The Hall–Kier alpha value is -3.14. The van der Waals surface area contributed by atoms with Crippen LogP contribution in [0.25, 0.3) is 16.8 Å². The normalized spacial score (nSPS) is 16.0. The first kappa shape index (κ1) is 13.5. The molecule has 4 heteroatoms. The molecule has 4 rings (SSSR count). The van der Waals surface area contributed by atoms with E-state index in [4.69, 9.17) is 9.15 Å². The van der Waals surface area contributed by atoms with Crippen LogP contribution in [0.5, 0.6) is 0 Å². The van der Waals surface area contributed by atoms with Crippen molar-refractivity contribution in [1.82, 2.24) is 0 Å². The van der Waals surface area contributed by atoms with E-state index in [1.54, 1.807) is 12.1 Å². The molecule has 2 aromatic carbocycles. The van der Waals surface area contributed by atoms with E-state index in [0.29, 0.717) is 11.7 Å². The minimum atomic E-state index is -0.470. The average Bonchev–Trinajstić information content (AvgIpc) is 3.13. The first-order chi connectivity index (χ1) is 11.2. The van der Waals surface area contributed by atoms with Crippen molar-refractivity contribution >= 4 is 28.7 Å². The fourth-order valence-corrected chi connectivity index (χ4v) is 2.60. The summed E-state index contributed by atoms with van der Waals surface area (Å²) in [6.07, 6.45) is 1.59. The molecule has 0 saturated heterocycles. The van der Waals surface area contributed by atoms with Crippen LogP contribution >= 0.6 is 0 Å². The van der Waals surface area contributed by atoms with Gasteiger partial charge < -0.3 is 9.15 Å². The predicted molar refractivity (Wildman–Crippen MR) is 88.0 cm³/mol. The largest absolute Gasteiger partial charge is 0.462 e. The standard InChI is InChI=1S/C19H13NO3/c1-12-9-10-14(22-12)11-17-19(21)23-18(20-17)16-8-4-6-13-5-2-3-7-15(13)16/h2-11H,1H3. The maximum atomic E-state index is 12.1. The average molecular weight is 303 g/mol. The topological polar surface area (TPSA) is 51.8 Å². The van der Waals surface area contributed by atoms with Gasteiger partial charge in [0.1, 0.15) is 11.5 Å². The molecule has 0 bridgehead atoms. The van der Waals surface area contributed by atoms with Gasteiger partial charge in [-0.05, 0) is 35.9 Å². The van der Waals surface area contributed by atoms with Gasteiger partial charge in [0, 0.05) is 11.6 Å². The lowest BCUT2D eigenvalue weighted by Gasteiger charge is -2.04. The number of nitrogens with zero attached hydrogens (tertiary/aromatic N) is 1. The second kappa shape index (κ2) is 5.25. The van der Waals surface area contributed by atoms with Crippen molar-refractivity contribution < 1.29 is 13.9 Å². The molecule has 1 aliphatic heterocycles. The third kappa shape index (κ3) is 2.44. The highest BCUT2D eigenvalue weighted by atomic mass is 16.6. The Morgan fingerprint density at radius 2 is 1.83 bits per heavy atom. The van der Waals surface area contributed by atoms with Gasteiger partial charge in [0.25, 0.3) is 0 Å². The number of cyclic esters (lactones) is 1. The molecule has 112 valence electrons. The molecular formula is C19H13NO3. The monoisotopic (exact) mass is 303 g/mol. The van der Waals surface area contributed by atoms with Crippen LogP contribution < -0.4 is 0 Å². The molecule has 1 aliphatic rings. The zero-order valence-corrected chi connectivity index (χ0v) is 12.4. The van der Waals surface area contributed by atoms with Gasteiger partial charge in [0.2, 0.25) is 5.90 Å². The van der Waals surface area contributed by atoms with Crippen molar-refractivity contribution in [2.75, 3.05) is 0 Å². The summed E-state index contributed by atoms with van der Waals surface area (Å²) in [6.45, 7) is 1.85. The van der Waals surface area contributed by atoms with E-state index in [1.165, 1.54) is 0 Å². The van der Waals surface area contributed by atoms with Crippen molar-refractivity contribution in [2.45, 2.75) is 6.92 Å². The maximum absolute atomic E-state index is 12.1. The summed E-state index contributed by atoms with van der Waals surface area (Å²) in [4.78, 5) is 16.4. The van der Waals surface area contributed by atoms with Gasteiger partial charge in [-0.2, -0.15) is 0 Å². The van der Waals surface area contributed by atoms with Crippen LogP contribution in [0, 0.1) is 6.92 Å². The minimum absolute atomic E-state index is 0.238. The highest BCUT2D eigenvalue weighted by Gasteiger charge is 2.25. The van der Waals surface area contributed by atoms with Crippen molar-refractivity contribution in [1.29, 1.82) is 0 Å². The Morgan fingerprint density at radius 3 is 2.65 bits per heavy atom. The van der Waals surface area contributed by atoms with Crippen LogP contribution in [0.1, 0.15) is 17.1 Å². The van der Waals surface area contributed by atoms with Crippen molar-refractivity contribution in [3.05, 3.63) is 77.4 Å². The molecule has 0 N–H and O–H groups in total. The van der Waals surface area contributed by atoms with Gasteiger partial charge in [-0.15, -0.1) is 0 Å². The lowest BCUT2D eigenvalue weighted by molar-refractivity contribution is -0.129. The zero-order valence-electron chi connectivity index (χ0n) is 12.4. The van der Waals surface area contributed by atoms with E-state index in [2.05, 4.69) is 4.99 Å². The number of carbonyl (C=O) groups is 1. The van der Waals surface area contributed by atoms with Gasteiger partial charge in [0.05, 0.1) is 0 Å². The van der Waals surface area contributed by atoms with Crippen LogP contribution in [0.4, 0.5) is 0 Å². The molecule has 0 radical (unpaired) electrons. The molecule has 0 amide bonds. The third-order valence-electron chi connectivity index (χ3n) is 3.68. The molecule has 4 nitrogen and oxygen atoms in total. The summed E-state index contributed by atoms with van der Waals surface area (Å²) in [6, 6.07) is 17.4.